The summed E-state index contributed by atoms with van der Waals surface area (Å²) in [6.45, 7) is 6.84. The fraction of sp³-hybridized carbons (Fsp3) is 0.857. The van der Waals surface area contributed by atoms with E-state index in [0.29, 0.717) is 13.0 Å². The maximum Gasteiger partial charge on any atom is 0.410 e. The summed E-state index contributed by atoms with van der Waals surface area (Å²) in [5.74, 6) is -0.163. The molecule has 0 radical (unpaired) electrons. The second-order valence-electron chi connectivity index (χ2n) is 6.36. The molecule has 0 saturated carbocycles. The normalized spacial score (nSPS) is 27.5. The largest absolute Gasteiger partial charge is 0.465 e. The molecule has 0 aliphatic carbocycles. The van der Waals surface area contributed by atoms with Crippen LogP contribution < -0.4 is 0 Å². The van der Waals surface area contributed by atoms with Crippen LogP contribution in [0.5, 0.6) is 0 Å². The third kappa shape index (κ3) is 3.61. The molecule has 2 rings (SSSR count). The smallest absolute Gasteiger partial charge is 0.410 e. The number of amides is 1. The minimum Gasteiger partial charge on any atom is -0.465 e. The van der Waals surface area contributed by atoms with Crippen LogP contribution in [0.25, 0.3) is 0 Å². The summed E-state index contributed by atoms with van der Waals surface area (Å²) in [6, 6.07) is 0.116. The first-order valence-electron chi connectivity index (χ1n) is 7.03. The van der Waals surface area contributed by atoms with Gasteiger partial charge in [0.1, 0.15) is 5.60 Å². The summed E-state index contributed by atoms with van der Waals surface area (Å²) in [5, 5.41) is 0. The van der Waals surface area contributed by atoms with E-state index in [2.05, 4.69) is 0 Å². The number of esters is 1. The molecule has 1 amide bonds. The van der Waals surface area contributed by atoms with E-state index in [1.165, 1.54) is 0 Å². The molecule has 2 fully saturated rings. The van der Waals surface area contributed by atoms with Crippen LogP contribution in [0, 0.1) is 5.92 Å². The van der Waals surface area contributed by atoms with E-state index in [1.807, 2.05) is 20.8 Å². The SMILES string of the molecule is CC(C)(C)OC(=O)N1CCC[C@H]1C[C@@H]1CCOC1=O. The van der Waals surface area contributed by atoms with Crippen LogP contribution in [0.15, 0.2) is 0 Å². The van der Waals surface area contributed by atoms with Crippen molar-refractivity contribution in [2.45, 2.75) is 58.1 Å². The van der Waals surface area contributed by atoms with Gasteiger partial charge in [0.05, 0.1) is 12.5 Å². The number of likely N-dealkylation sites (tertiary alicyclic amines) is 1. The third-order valence-corrected chi connectivity index (χ3v) is 3.61. The molecule has 0 aromatic carbocycles. The molecule has 2 aliphatic rings. The first-order chi connectivity index (χ1) is 8.87. The number of rotatable bonds is 2. The van der Waals surface area contributed by atoms with Crippen LogP contribution in [0.4, 0.5) is 4.79 Å². The summed E-state index contributed by atoms with van der Waals surface area (Å²) in [5.41, 5.74) is -0.476. The zero-order valence-electron chi connectivity index (χ0n) is 12.0. The predicted octanol–water partition coefficient (Wildman–Crippen LogP) is 2.34. The van der Waals surface area contributed by atoms with Crippen LogP contribution in [-0.2, 0) is 14.3 Å². The number of hydrogen-bond donors (Lipinski definition) is 0. The Hall–Kier alpha value is -1.26. The summed E-state index contributed by atoms with van der Waals surface area (Å²) >= 11 is 0. The summed E-state index contributed by atoms with van der Waals surface area (Å²) < 4.78 is 10.4. The van der Waals surface area contributed by atoms with Gasteiger partial charge in [0.15, 0.2) is 0 Å². The van der Waals surface area contributed by atoms with Gasteiger partial charge in [-0.3, -0.25) is 4.79 Å². The van der Waals surface area contributed by atoms with Gasteiger partial charge in [-0.25, -0.2) is 4.79 Å². The molecule has 5 nitrogen and oxygen atoms in total. The quantitative estimate of drug-likeness (QED) is 0.722. The monoisotopic (exact) mass is 269 g/mol. The molecule has 0 aromatic rings. The number of ether oxygens (including phenoxy) is 2. The zero-order chi connectivity index (χ0) is 14.0. The van der Waals surface area contributed by atoms with E-state index >= 15 is 0 Å². The summed E-state index contributed by atoms with van der Waals surface area (Å²) in [6.07, 6.45) is 3.14. The Morgan fingerprint density at radius 1 is 1.42 bits per heavy atom. The molecule has 0 spiro atoms. The molecule has 5 heteroatoms. The van der Waals surface area contributed by atoms with Gasteiger partial charge in [0.2, 0.25) is 0 Å². The van der Waals surface area contributed by atoms with Crippen LogP contribution in [0.1, 0.15) is 46.5 Å². The maximum absolute atomic E-state index is 12.1. The average Bonchev–Trinajstić information content (AvgIpc) is 2.87. The Kier molecular flexibility index (Phi) is 4.02. The zero-order valence-corrected chi connectivity index (χ0v) is 12.0. The Bertz CT molecular complexity index is 361. The highest BCUT2D eigenvalue weighted by molar-refractivity contribution is 5.74. The molecule has 2 atom stereocenters. The van der Waals surface area contributed by atoms with Gasteiger partial charge < -0.3 is 14.4 Å². The van der Waals surface area contributed by atoms with Crippen molar-refractivity contribution in [2.75, 3.05) is 13.2 Å². The Labute approximate surface area is 114 Å². The van der Waals surface area contributed by atoms with Crippen molar-refractivity contribution < 1.29 is 19.1 Å². The van der Waals surface area contributed by atoms with Crippen molar-refractivity contribution in [2.24, 2.45) is 5.92 Å². The predicted molar refractivity (Wildman–Crippen MR) is 69.6 cm³/mol. The molecule has 0 bridgehead atoms. The summed E-state index contributed by atoms with van der Waals surface area (Å²) in [4.78, 5) is 25.4. The first-order valence-corrected chi connectivity index (χ1v) is 7.03. The first kappa shape index (κ1) is 14.2. The molecule has 108 valence electrons. The Morgan fingerprint density at radius 2 is 2.16 bits per heavy atom. The molecule has 2 saturated heterocycles. The van der Waals surface area contributed by atoms with E-state index in [0.717, 1.165) is 25.8 Å². The molecular formula is C14H23NO4. The fourth-order valence-electron chi connectivity index (χ4n) is 2.72. The number of carbonyl (C=O) groups is 2. The fourth-order valence-corrected chi connectivity index (χ4v) is 2.72. The topological polar surface area (TPSA) is 55.8 Å². The minimum absolute atomic E-state index is 0.0481. The van der Waals surface area contributed by atoms with Crippen LogP contribution in [-0.4, -0.2) is 41.8 Å². The lowest BCUT2D eigenvalue weighted by Gasteiger charge is -2.29. The second-order valence-corrected chi connectivity index (χ2v) is 6.36. The minimum atomic E-state index is -0.476. The van der Waals surface area contributed by atoms with Gasteiger partial charge in [0, 0.05) is 12.6 Å². The van der Waals surface area contributed by atoms with Crippen LogP contribution in [0.3, 0.4) is 0 Å². The maximum atomic E-state index is 12.1. The van der Waals surface area contributed by atoms with Crippen molar-refractivity contribution in [1.29, 1.82) is 0 Å². The van der Waals surface area contributed by atoms with E-state index < -0.39 is 5.60 Å². The van der Waals surface area contributed by atoms with E-state index in [9.17, 15) is 9.59 Å². The lowest BCUT2D eigenvalue weighted by atomic mass is 9.97. The van der Waals surface area contributed by atoms with Crippen molar-refractivity contribution in [3.05, 3.63) is 0 Å². The Morgan fingerprint density at radius 3 is 2.74 bits per heavy atom. The van der Waals surface area contributed by atoms with Crippen molar-refractivity contribution >= 4 is 12.1 Å². The van der Waals surface area contributed by atoms with Gasteiger partial charge in [-0.1, -0.05) is 0 Å². The van der Waals surface area contributed by atoms with Gasteiger partial charge in [-0.15, -0.1) is 0 Å². The number of cyclic esters (lactones) is 1. The number of carbonyl (C=O) groups excluding carboxylic acids is 2. The van der Waals surface area contributed by atoms with Crippen LogP contribution >= 0.6 is 0 Å². The third-order valence-electron chi connectivity index (χ3n) is 3.61. The van der Waals surface area contributed by atoms with E-state index in [-0.39, 0.29) is 24.0 Å². The highest BCUT2D eigenvalue weighted by Gasteiger charge is 2.37. The van der Waals surface area contributed by atoms with E-state index in [1.54, 1.807) is 4.90 Å². The Balaban J connectivity index is 1.93. The lowest BCUT2D eigenvalue weighted by Crippen LogP contribution is -2.40. The van der Waals surface area contributed by atoms with Gasteiger partial charge in [-0.2, -0.15) is 0 Å². The highest BCUT2D eigenvalue weighted by Crippen LogP contribution is 2.29. The van der Waals surface area contributed by atoms with Crippen LogP contribution in [0.2, 0.25) is 0 Å². The van der Waals surface area contributed by atoms with Gasteiger partial charge in [-0.05, 0) is 46.5 Å². The lowest BCUT2D eigenvalue weighted by molar-refractivity contribution is -0.141. The summed E-state index contributed by atoms with van der Waals surface area (Å²) in [7, 11) is 0. The van der Waals surface area contributed by atoms with E-state index in [4.69, 9.17) is 9.47 Å². The number of nitrogens with zero attached hydrogens (tertiary/aromatic N) is 1. The highest BCUT2D eigenvalue weighted by atomic mass is 16.6. The van der Waals surface area contributed by atoms with Gasteiger partial charge in [0.25, 0.3) is 0 Å². The molecule has 0 aromatic heterocycles. The molecule has 2 aliphatic heterocycles. The molecule has 0 N–H and O–H groups in total. The molecular weight excluding hydrogens is 246 g/mol. The van der Waals surface area contributed by atoms with Crippen molar-refractivity contribution in [3.63, 3.8) is 0 Å². The van der Waals surface area contributed by atoms with Crippen molar-refractivity contribution in [3.8, 4) is 0 Å². The standard InChI is InChI=1S/C14H23NO4/c1-14(2,3)19-13(17)15-7-4-5-11(15)9-10-6-8-18-12(10)16/h10-11H,4-9H2,1-3H3/t10-,11-/m0/s1. The second kappa shape index (κ2) is 5.39. The molecule has 0 unspecified atom stereocenters. The average molecular weight is 269 g/mol. The number of hydrogen-bond acceptors (Lipinski definition) is 4. The van der Waals surface area contributed by atoms with Crippen molar-refractivity contribution in [1.82, 2.24) is 4.90 Å². The molecule has 19 heavy (non-hydrogen) atoms. The molecule has 2 heterocycles. The van der Waals surface area contributed by atoms with Gasteiger partial charge >= 0.3 is 12.1 Å².